The van der Waals surface area contributed by atoms with Crippen LogP contribution in [-0.2, 0) is 0 Å². The molecule has 0 aliphatic heterocycles. The van der Waals surface area contributed by atoms with E-state index in [9.17, 15) is 9.59 Å². The van der Waals surface area contributed by atoms with Gasteiger partial charge >= 0.3 is 0 Å². The van der Waals surface area contributed by atoms with Crippen LogP contribution < -0.4 is 10.6 Å². The van der Waals surface area contributed by atoms with E-state index in [0.29, 0.717) is 22.3 Å². The van der Waals surface area contributed by atoms with E-state index in [-0.39, 0.29) is 11.6 Å². The van der Waals surface area contributed by atoms with Gasteiger partial charge in [0.05, 0.1) is 11.1 Å². The summed E-state index contributed by atoms with van der Waals surface area (Å²) < 4.78 is 0. The average Bonchev–Trinajstić information content (AvgIpc) is 2.82. The number of hydrogen-bond donors (Lipinski definition) is 2. The number of nitrogens with one attached hydrogen (secondary N) is 2. The predicted octanol–water partition coefficient (Wildman–Crippen LogP) is 7.23. The number of hydrogen-bond acceptors (Lipinski definition) is 4. The molecule has 0 amide bonds. The number of unbranched alkanes of at least 4 members (excludes halogenated alkanes) is 8. The number of fused-ring (bicyclic) bond motifs is 2. The number of carbonyl (C=O) groups excluding carboxylic acids is 2. The topological polar surface area (TPSA) is 58.2 Å². The van der Waals surface area contributed by atoms with Crippen LogP contribution in [0.2, 0.25) is 0 Å². The molecule has 0 spiro atoms. The van der Waals surface area contributed by atoms with Crippen LogP contribution >= 0.6 is 0 Å². The summed E-state index contributed by atoms with van der Waals surface area (Å²) in [6.07, 6.45) is 12.0. The van der Waals surface area contributed by atoms with E-state index in [2.05, 4.69) is 24.5 Å². The summed E-state index contributed by atoms with van der Waals surface area (Å²) in [5.41, 5.74) is 3.61. The summed E-state index contributed by atoms with van der Waals surface area (Å²) in [6.45, 7) is 6.04. The van der Waals surface area contributed by atoms with Gasteiger partial charge in [-0.2, -0.15) is 0 Å². The van der Waals surface area contributed by atoms with Crippen LogP contribution in [-0.4, -0.2) is 24.7 Å². The first-order valence-electron chi connectivity index (χ1n) is 12.5. The zero-order chi connectivity index (χ0) is 22.8. The lowest BCUT2D eigenvalue weighted by molar-refractivity contribution is 0.0980. The monoisotopic (exact) mass is 434 g/mol. The fraction of sp³-hybridized carbons (Fsp3) is 0.500. The summed E-state index contributed by atoms with van der Waals surface area (Å²) in [4.78, 5) is 26.8. The van der Waals surface area contributed by atoms with Crippen LogP contribution in [0.1, 0.15) is 110 Å². The normalized spacial score (nSPS) is 12.4. The lowest BCUT2D eigenvalue weighted by atomic mass is 9.82. The van der Waals surface area contributed by atoms with Crippen molar-refractivity contribution in [2.24, 2.45) is 0 Å². The Morgan fingerprint density at radius 1 is 0.562 bits per heavy atom. The number of anilines is 2. The lowest BCUT2D eigenvalue weighted by Crippen LogP contribution is -2.24. The molecule has 4 nitrogen and oxygen atoms in total. The zero-order valence-electron chi connectivity index (χ0n) is 19.8. The van der Waals surface area contributed by atoms with Gasteiger partial charge in [-0.25, -0.2) is 0 Å². The third-order valence-electron chi connectivity index (χ3n) is 6.27. The van der Waals surface area contributed by atoms with Gasteiger partial charge in [0.1, 0.15) is 0 Å². The molecule has 0 bridgehead atoms. The first kappa shape index (κ1) is 24.0. The molecule has 3 rings (SSSR count). The van der Waals surface area contributed by atoms with E-state index in [1.54, 1.807) is 12.1 Å². The van der Waals surface area contributed by atoms with Crippen molar-refractivity contribution in [1.29, 1.82) is 0 Å². The Bertz CT molecular complexity index is 920. The lowest BCUT2D eigenvalue weighted by Gasteiger charge is -2.24. The highest BCUT2D eigenvalue weighted by atomic mass is 16.1. The Hall–Kier alpha value is -2.62. The highest BCUT2D eigenvalue weighted by Crippen LogP contribution is 2.36. The Morgan fingerprint density at radius 2 is 0.969 bits per heavy atom. The highest BCUT2D eigenvalue weighted by molar-refractivity contribution is 6.31. The van der Waals surface area contributed by atoms with Gasteiger partial charge in [-0.3, -0.25) is 9.59 Å². The number of ketones is 2. The van der Waals surface area contributed by atoms with Crippen LogP contribution in [0.15, 0.2) is 36.4 Å². The number of benzene rings is 2. The summed E-state index contributed by atoms with van der Waals surface area (Å²) in [5.74, 6) is -0.121. The van der Waals surface area contributed by atoms with Crippen molar-refractivity contribution in [3.05, 3.63) is 58.7 Å². The molecule has 0 saturated carbocycles. The highest BCUT2D eigenvalue weighted by Gasteiger charge is 2.33. The van der Waals surface area contributed by atoms with Crippen molar-refractivity contribution in [2.45, 2.75) is 78.1 Å². The van der Waals surface area contributed by atoms with Crippen molar-refractivity contribution >= 4 is 22.9 Å². The summed E-state index contributed by atoms with van der Waals surface area (Å²) in [5, 5.41) is 6.89. The van der Waals surface area contributed by atoms with Crippen LogP contribution in [0.5, 0.6) is 0 Å². The first-order chi connectivity index (χ1) is 15.7. The van der Waals surface area contributed by atoms with E-state index in [0.717, 1.165) is 37.3 Å². The molecule has 0 atom stereocenters. The van der Waals surface area contributed by atoms with E-state index in [4.69, 9.17) is 0 Å². The molecule has 2 aromatic carbocycles. The SMILES string of the molecule is CCCCCCCCNc1ccc(NCCCCCC)c2c1C(=O)c1ccccc1C2=O. The Kier molecular flexibility index (Phi) is 9.33. The van der Waals surface area contributed by atoms with Gasteiger partial charge in [-0.15, -0.1) is 0 Å². The molecule has 1 aliphatic rings. The second-order valence-electron chi connectivity index (χ2n) is 8.80. The molecule has 172 valence electrons. The van der Waals surface area contributed by atoms with Gasteiger partial charge in [-0.05, 0) is 25.0 Å². The summed E-state index contributed by atoms with van der Waals surface area (Å²) in [7, 11) is 0. The van der Waals surface area contributed by atoms with Crippen LogP contribution in [0.25, 0.3) is 0 Å². The molecular weight excluding hydrogens is 396 g/mol. The van der Waals surface area contributed by atoms with Gasteiger partial charge in [-0.1, -0.05) is 89.5 Å². The molecule has 32 heavy (non-hydrogen) atoms. The van der Waals surface area contributed by atoms with Crippen molar-refractivity contribution in [2.75, 3.05) is 23.7 Å². The minimum Gasteiger partial charge on any atom is -0.384 e. The molecule has 0 heterocycles. The standard InChI is InChI=1S/C28H38N2O2/c1-3-5-7-9-10-14-20-30-24-18-17-23(29-19-13-8-6-4-2)25-26(24)28(32)22-16-12-11-15-21(22)27(25)31/h11-12,15-18,29-30H,3-10,13-14,19-20H2,1-2H3. The smallest absolute Gasteiger partial charge is 0.196 e. The van der Waals surface area contributed by atoms with E-state index in [1.807, 2.05) is 24.3 Å². The second-order valence-corrected chi connectivity index (χ2v) is 8.80. The Morgan fingerprint density at radius 3 is 1.44 bits per heavy atom. The van der Waals surface area contributed by atoms with Gasteiger partial charge < -0.3 is 10.6 Å². The second kappa shape index (κ2) is 12.4. The quantitative estimate of drug-likeness (QED) is 0.263. The van der Waals surface area contributed by atoms with E-state index in [1.165, 1.54) is 51.4 Å². The molecule has 2 N–H and O–H groups in total. The minimum absolute atomic E-state index is 0.0599. The van der Waals surface area contributed by atoms with E-state index < -0.39 is 0 Å². The van der Waals surface area contributed by atoms with E-state index >= 15 is 0 Å². The molecule has 4 heteroatoms. The van der Waals surface area contributed by atoms with Crippen LogP contribution in [0.4, 0.5) is 11.4 Å². The molecule has 0 unspecified atom stereocenters. The first-order valence-corrected chi connectivity index (χ1v) is 12.5. The van der Waals surface area contributed by atoms with Crippen molar-refractivity contribution < 1.29 is 9.59 Å². The maximum Gasteiger partial charge on any atom is 0.196 e. The van der Waals surface area contributed by atoms with Crippen molar-refractivity contribution in [3.63, 3.8) is 0 Å². The summed E-state index contributed by atoms with van der Waals surface area (Å²) in [6, 6.07) is 11.1. The average molecular weight is 435 g/mol. The fourth-order valence-corrected chi connectivity index (χ4v) is 4.42. The van der Waals surface area contributed by atoms with Gasteiger partial charge in [0.2, 0.25) is 0 Å². The van der Waals surface area contributed by atoms with Crippen LogP contribution in [0, 0.1) is 0 Å². The van der Waals surface area contributed by atoms with Gasteiger partial charge in [0.25, 0.3) is 0 Å². The third kappa shape index (κ3) is 5.79. The minimum atomic E-state index is -0.0607. The van der Waals surface area contributed by atoms with Crippen molar-refractivity contribution in [3.8, 4) is 0 Å². The number of carbonyl (C=O) groups is 2. The molecule has 0 aromatic heterocycles. The maximum atomic E-state index is 13.4. The third-order valence-corrected chi connectivity index (χ3v) is 6.27. The molecule has 1 aliphatic carbocycles. The van der Waals surface area contributed by atoms with Crippen LogP contribution in [0.3, 0.4) is 0 Å². The fourth-order valence-electron chi connectivity index (χ4n) is 4.42. The van der Waals surface area contributed by atoms with Gasteiger partial charge in [0, 0.05) is 35.6 Å². The maximum absolute atomic E-state index is 13.4. The molecule has 0 fully saturated rings. The molecule has 2 aromatic rings. The Balaban J connectivity index is 1.78. The largest absolute Gasteiger partial charge is 0.384 e. The molecular formula is C28H38N2O2. The van der Waals surface area contributed by atoms with Gasteiger partial charge in [0.15, 0.2) is 11.6 Å². The predicted molar refractivity (Wildman–Crippen MR) is 134 cm³/mol. The zero-order valence-corrected chi connectivity index (χ0v) is 19.8. The Labute approximate surface area is 193 Å². The van der Waals surface area contributed by atoms with Crippen molar-refractivity contribution in [1.82, 2.24) is 0 Å². The molecule has 0 saturated heterocycles. The number of rotatable bonds is 14. The summed E-state index contributed by atoms with van der Waals surface area (Å²) >= 11 is 0. The molecule has 0 radical (unpaired) electrons.